The number of ether oxygens (including phenoxy) is 1. The molecule has 0 radical (unpaired) electrons. The summed E-state index contributed by atoms with van der Waals surface area (Å²) in [6.07, 6.45) is 11.2. The van der Waals surface area contributed by atoms with E-state index < -0.39 is 15.1 Å². The molecule has 1 aromatic rings. The van der Waals surface area contributed by atoms with Crippen molar-refractivity contribution in [3.63, 3.8) is 0 Å². The summed E-state index contributed by atoms with van der Waals surface area (Å²) in [6.45, 7) is 14.0. The van der Waals surface area contributed by atoms with Gasteiger partial charge in [0.1, 0.15) is 6.61 Å². The molecular weight excluding hydrogens is 444 g/mol. The molecule has 1 unspecified atom stereocenters. The molecule has 0 heterocycles. The van der Waals surface area contributed by atoms with Gasteiger partial charge in [0.2, 0.25) is 0 Å². The number of carbonyl (C=O) groups excluding carboxylic acids is 1. The van der Waals surface area contributed by atoms with Crippen molar-refractivity contribution in [2.75, 3.05) is 6.61 Å². The van der Waals surface area contributed by atoms with Gasteiger partial charge in [0.25, 0.3) is 0 Å². The quantitative estimate of drug-likeness (QED) is 0.214. The molecule has 1 aliphatic rings. The van der Waals surface area contributed by atoms with Crippen molar-refractivity contribution in [2.24, 2.45) is 5.41 Å². The Hall–Kier alpha value is -2.40. The van der Waals surface area contributed by atoms with Crippen LogP contribution < -0.4 is 0 Å². The molecule has 0 bridgehead atoms. The fourth-order valence-electron chi connectivity index (χ4n) is 4.70. The van der Waals surface area contributed by atoms with E-state index in [0.717, 1.165) is 41.5 Å². The maximum absolute atomic E-state index is 13.9. The first kappa shape index (κ1) is 27.8. The highest BCUT2D eigenvalue weighted by Crippen LogP contribution is 2.46. The van der Waals surface area contributed by atoms with Crippen LogP contribution in [0.25, 0.3) is 0 Å². The van der Waals surface area contributed by atoms with Crippen LogP contribution in [0.2, 0.25) is 0 Å². The minimum atomic E-state index is -3.56. The van der Waals surface area contributed by atoms with E-state index >= 15 is 0 Å². The molecule has 0 saturated heterocycles. The van der Waals surface area contributed by atoms with Gasteiger partial charge in [-0.2, -0.15) is 0 Å². The van der Waals surface area contributed by atoms with Crippen LogP contribution in [0.1, 0.15) is 72.8 Å². The minimum absolute atomic E-state index is 0.156. The number of benzene rings is 1. The zero-order chi connectivity index (χ0) is 25.5. The number of hydrogen-bond donors (Lipinski definition) is 0. The molecule has 1 atom stereocenters. The molecule has 186 valence electrons. The van der Waals surface area contributed by atoms with Gasteiger partial charge in [0, 0.05) is 6.92 Å². The summed E-state index contributed by atoms with van der Waals surface area (Å²) in [7, 11) is -3.56. The van der Waals surface area contributed by atoms with Gasteiger partial charge in [-0.15, -0.1) is 0 Å². The predicted octanol–water partition coefficient (Wildman–Crippen LogP) is 7.07. The Morgan fingerprint density at radius 1 is 1.12 bits per heavy atom. The standard InChI is InChI=1S/C29H40O4S/c1-21(17-19-33-25(5)30)10-8-11-23(3)20-27(28-24(4)12-9-18-29(28,6)7)34(31,32)26-15-13-22(2)14-16-26/h8,10-11,13-17,27H,9,12,18-20H2,1-7H3. The van der Waals surface area contributed by atoms with Crippen LogP contribution in [0.15, 0.2) is 75.8 Å². The van der Waals surface area contributed by atoms with Crippen molar-refractivity contribution in [3.05, 3.63) is 76.4 Å². The lowest BCUT2D eigenvalue weighted by Crippen LogP contribution is -2.34. The molecule has 0 spiro atoms. The zero-order valence-electron chi connectivity index (χ0n) is 21.8. The Bertz CT molecular complexity index is 1100. The van der Waals surface area contributed by atoms with E-state index in [4.69, 9.17) is 4.74 Å². The van der Waals surface area contributed by atoms with Crippen LogP contribution in [-0.4, -0.2) is 26.2 Å². The van der Waals surface area contributed by atoms with Crippen molar-refractivity contribution in [3.8, 4) is 0 Å². The molecule has 0 aliphatic heterocycles. The zero-order valence-corrected chi connectivity index (χ0v) is 22.6. The Balaban J connectivity index is 2.39. The number of rotatable bonds is 9. The van der Waals surface area contributed by atoms with Crippen molar-refractivity contribution >= 4 is 15.8 Å². The maximum atomic E-state index is 13.9. The highest BCUT2D eigenvalue weighted by atomic mass is 32.2. The average Bonchev–Trinajstić information content (AvgIpc) is 2.72. The highest BCUT2D eigenvalue weighted by molar-refractivity contribution is 7.92. The van der Waals surface area contributed by atoms with Gasteiger partial charge in [0.05, 0.1) is 10.1 Å². The van der Waals surface area contributed by atoms with Crippen molar-refractivity contribution < 1.29 is 17.9 Å². The largest absolute Gasteiger partial charge is 0.462 e. The number of allylic oxidation sites excluding steroid dienone is 6. The van der Waals surface area contributed by atoms with E-state index in [1.807, 2.05) is 57.2 Å². The van der Waals surface area contributed by atoms with Gasteiger partial charge in [-0.3, -0.25) is 4.79 Å². The Morgan fingerprint density at radius 3 is 2.35 bits per heavy atom. The molecule has 0 fully saturated rings. The molecular formula is C29H40O4S. The van der Waals surface area contributed by atoms with Crippen LogP contribution in [0, 0.1) is 12.3 Å². The molecule has 0 amide bonds. The summed E-state index contributed by atoms with van der Waals surface area (Å²) in [4.78, 5) is 11.3. The van der Waals surface area contributed by atoms with Crippen LogP contribution in [0.4, 0.5) is 0 Å². The van der Waals surface area contributed by atoms with E-state index in [-0.39, 0.29) is 18.0 Å². The predicted molar refractivity (Wildman–Crippen MR) is 140 cm³/mol. The third-order valence-corrected chi connectivity index (χ3v) is 8.61. The van der Waals surface area contributed by atoms with Gasteiger partial charge < -0.3 is 4.74 Å². The summed E-state index contributed by atoms with van der Waals surface area (Å²) in [5, 5.41) is -0.587. The second kappa shape index (κ2) is 11.8. The number of aryl methyl sites for hydroxylation is 1. The monoisotopic (exact) mass is 484 g/mol. The molecule has 34 heavy (non-hydrogen) atoms. The summed E-state index contributed by atoms with van der Waals surface area (Å²) in [5.74, 6) is -0.306. The molecule has 0 aromatic heterocycles. The molecule has 5 heteroatoms. The Morgan fingerprint density at radius 2 is 1.76 bits per heavy atom. The molecule has 1 aromatic carbocycles. The maximum Gasteiger partial charge on any atom is 0.302 e. The van der Waals surface area contributed by atoms with Gasteiger partial charge in [0.15, 0.2) is 9.84 Å². The lowest BCUT2D eigenvalue weighted by molar-refractivity contribution is -0.139. The minimum Gasteiger partial charge on any atom is -0.462 e. The van der Waals surface area contributed by atoms with Gasteiger partial charge in [-0.1, -0.05) is 66.5 Å². The van der Waals surface area contributed by atoms with Crippen molar-refractivity contribution in [1.29, 1.82) is 0 Å². The summed E-state index contributed by atoms with van der Waals surface area (Å²) < 4.78 is 32.8. The Kier molecular flexibility index (Phi) is 9.69. The van der Waals surface area contributed by atoms with E-state index in [0.29, 0.717) is 11.3 Å². The fourth-order valence-corrected chi connectivity index (χ4v) is 6.85. The molecule has 4 nitrogen and oxygen atoms in total. The van der Waals surface area contributed by atoms with Gasteiger partial charge in [-0.05, 0) is 82.6 Å². The van der Waals surface area contributed by atoms with Gasteiger partial charge in [-0.25, -0.2) is 8.42 Å². The number of carbonyl (C=O) groups is 1. The summed E-state index contributed by atoms with van der Waals surface area (Å²) >= 11 is 0. The van der Waals surface area contributed by atoms with Crippen molar-refractivity contribution in [1.82, 2.24) is 0 Å². The third-order valence-electron chi connectivity index (χ3n) is 6.53. The fraction of sp³-hybridized carbons (Fsp3) is 0.483. The molecule has 0 N–H and O–H groups in total. The molecule has 2 rings (SSSR count). The lowest BCUT2D eigenvalue weighted by Gasteiger charge is -2.39. The van der Waals surface area contributed by atoms with Crippen LogP contribution in [0.3, 0.4) is 0 Å². The second-order valence-electron chi connectivity index (χ2n) is 10.1. The van der Waals surface area contributed by atoms with Crippen LogP contribution >= 0.6 is 0 Å². The Labute approximate surface area is 206 Å². The lowest BCUT2D eigenvalue weighted by atomic mass is 9.71. The summed E-state index contributed by atoms with van der Waals surface area (Å²) in [5.41, 5.74) is 5.16. The molecule has 1 aliphatic carbocycles. The highest BCUT2D eigenvalue weighted by Gasteiger charge is 2.40. The van der Waals surface area contributed by atoms with E-state index in [9.17, 15) is 13.2 Å². The molecule has 0 saturated carbocycles. The van der Waals surface area contributed by atoms with Gasteiger partial charge >= 0.3 is 5.97 Å². The topological polar surface area (TPSA) is 60.4 Å². The first-order valence-electron chi connectivity index (χ1n) is 12.0. The number of sulfone groups is 1. The van der Waals surface area contributed by atoms with Crippen LogP contribution in [0.5, 0.6) is 0 Å². The van der Waals surface area contributed by atoms with Crippen molar-refractivity contribution in [2.45, 2.75) is 84.3 Å². The normalized spacial score (nSPS) is 18.3. The van der Waals surface area contributed by atoms with E-state index in [1.54, 1.807) is 12.1 Å². The SMILES string of the molecule is CC(=O)OCC=C(C)C=CC=C(C)CC(C1=C(C)CCCC1(C)C)S(=O)(=O)c1ccc(C)cc1. The third kappa shape index (κ3) is 7.56. The van der Waals surface area contributed by atoms with E-state index in [1.165, 1.54) is 12.5 Å². The second-order valence-corrected chi connectivity index (χ2v) is 12.2. The smallest absolute Gasteiger partial charge is 0.302 e. The summed E-state index contributed by atoms with van der Waals surface area (Å²) in [6, 6.07) is 7.21. The van der Waals surface area contributed by atoms with Crippen LogP contribution in [-0.2, 0) is 19.4 Å². The number of esters is 1. The van der Waals surface area contributed by atoms with E-state index in [2.05, 4.69) is 20.8 Å². The first-order valence-corrected chi connectivity index (χ1v) is 13.5. The number of hydrogen-bond acceptors (Lipinski definition) is 4. The first-order chi connectivity index (χ1) is 15.8. The average molecular weight is 485 g/mol.